The second-order valence-corrected chi connectivity index (χ2v) is 9.78. The van der Waals surface area contributed by atoms with Crippen molar-refractivity contribution in [2.45, 2.75) is 58.5 Å². The van der Waals surface area contributed by atoms with Crippen LogP contribution in [-0.2, 0) is 6.42 Å². The van der Waals surface area contributed by atoms with Crippen molar-refractivity contribution >= 4 is 17.0 Å². The summed E-state index contributed by atoms with van der Waals surface area (Å²) in [6, 6.07) is 9.67. The molecule has 0 atom stereocenters. The van der Waals surface area contributed by atoms with Crippen LogP contribution in [-0.4, -0.2) is 16.1 Å². The summed E-state index contributed by atoms with van der Waals surface area (Å²) in [4.78, 5) is 6.81. The van der Waals surface area contributed by atoms with Gasteiger partial charge in [0.2, 0.25) is 0 Å². The first-order valence-electron chi connectivity index (χ1n) is 12.0. The molecule has 1 saturated carbocycles. The zero-order chi connectivity index (χ0) is 22.7. The topological polar surface area (TPSA) is 40.8 Å². The Morgan fingerprint density at radius 3 is 2.70 bits per heavy atom. The molecule has 0 radical (unpaired) electrons. The lowest BCUT2D eigenvalue weighted by atomic mass is 9.87. The molecule has 33 heavy (non-hydrogen) atoms. The molecule has 0 aliphatic heterocycles. The van der Waals surface area contributed by atoms with Crippen LogP contribution in [0.1, 0.15) is 61.4 Å². The summed E-state index contributed by atoms with van der Waals surface area (Å²) in [6.07, 6.45) is 11.2. The van der Waals surface area contributed by atoms with Crippen LogP contribution in [0.4, 0.5) is 4.39 Å². The van der Waals surface area contributed by atoms with Gasteiger partial charge in [0.25, 0.3) is 0 Å². The number of rotatable bonds is 5. The third-order valence-corrected chi connectivity index (χ3v) is 7.19. The molecule has 2 aliphatic rings. The van der Waals surface area contributed by atoms with Gasteiger partial charge in [-0.3, -0.25) is 0 Å². The predicted octanol–water partition coefficient (Wildman–Crippen LogP) is 7.90. The van der Waals surface area contributed by atoms with E-state index < -0.39 is 0 Å². The molecular formula is C29H29FN2O. The summed E-state index contributed by atoms with van der Waals surface area (Å²) >= 11 is 0. The maximum absolute atomic E-state index is 14.6. The van der Waals surface area contributed by atoms with Gasteiger partial charge in [-0.05, 0) is 91.1 Å². The third kappa shape index (κ3) is 3.31. The molecule has 2 aromatic heterocycles. The van der Waals surface area contributed by atoms with Crippen molar-refractivity contribution in [1.82, 2.24) is 9.97 Å². The van der Waals surface area contributed by atoms with E-state index in [1.807, 2.05) is 12.3 Å². The molecule has 6 rings (SSSR count). The zero-order valence-corrected chi connectivity index (χ0v) is 19.4. The number of benzene rings is 2. The average molecular weight is 441 g/mol. The smallest absolute Gasteiger partial charge is 0.125 e. The lowest BCUT2D eigenvalue weighted by Crippen LogP contribution is -2.24. The van der Waals surface area contributed by atoms with Crippen molar-refractivity contribution in [2.75, 3.05) is 0 Å². The minimum absolute atomic E-state index is 0.233. The number of allylic oxidation sites excluding steroid dienone is 1. The van der Waals surface area contributed by atoms with Gasteiger partial charge in [-0.2, -0.15) is 0 Å². The molecule has 0 amide bonds. The van der Waals surface area contributed by atoms with Crippen molar-refractivity contribution in [2.24, 2.45) is 0 Å². The lowest BCUT2D eigenvalue weighted by Gasteiger charge is -2.27. The third-order valence-electron chi connectivity index (χ3n) is 7.19. The molecule has 4 heteroatoms. The number of ether oxygens (including phenoxy) is 1. The Labute approximate surface area is 193 Å². The molecule has 4 aromatic rings. The number of aryl methyl sites for hydroxylation is 1. The van der Waals surface area contributed by atoms with Gasteiger partial charge in [-0.25, -0.2) is 4.39 Å². The van der Waals surface area contributed by atoms with Crippen molar-refractivity contribution in [3.63, 3.8) is 0 Å². The molecule has 168 valence electrons. The fourth-order valence-corrected chi connectivity index (χ4v) is 5.43. The first kappa shape index (κ1) is 20.3. The number of hydrogen-bond acceptors (Lipinski definition) is 1. The normalized spacial score (nSPS) is 15.4. The number of halogens is 1. The molecule has 0 unspecified atom stereocenters. The van der Waals surface area contributed by atoms with Crippen LogP contribution >= 0.6 is 0 Å². The highest BCUT2D eigenvalue weighted by atomic mass is 19.1. The van der Waals surface area contributed by atoms with E-state index in [-0.39, 0.29) is 11.7 Å². The summed E-state index contributed by atoms with van der Waals surface area (Å²) in [7, 11) is 0. The Balaban J connectivity index is 1.58. The number of hydrogen-bond donors (Lipinski definition) is 2. The van der Waals surface area contributed by atoms with Gasteiger partial charge in [-0.1, -0.05) is 26.0 Å². The van der Waals surface area contributed by atoms with Crippen molar-refractivity contribution < 1.29 is 9.13 Å². The predicted molar refractivity (Wildman–Crippen MR) is 133 cm³/mol. The van der Waals surface area contributed by atoms with Crippen LogP contribution in [0.25, 0.3) is 39.4 Å². The van der Waals surface area contributed by atoms with E-state index in [2.05, 4.69) is 55.0 Å². The maximum atomic E-state index is 14.6. The second kappa shape index (κ2) is 7.65. The Bertz CT molecular complexity index is 1400. The fraction of sp³-hybridized carbons (Fsp3) is 0.310. The highest BCUT2D eigenvalue weighted by molar-refractivity contribution is 5.97. The molecular weight excluding hydrogens is 411 g/mol. The highest BCUT2D eigenvalue weighted by Crippen LogP contribution is 2.45. The minimum atomic E-state index is -0.233. The molecule has 0 bridgehead atoms. The van der Waals surface area contributed by atoms with Crippen LogP contribution < -0.4 is 4.74 Å². The largest absolute Gasteiger partial charge is 0.490 e. The Kier molecular flexibility index (Phi) is 4.72. The number of aromatic nitrogens is 2. The zero-order valence-electron chi connectivity index (χ0n) is 19.4. The Morgan fingerprint density at radius 1 is 1.09 bits per heavy atom. The van der Waals surface area contributed by atoms with Crippen LogP contribution in [0.2, 0.25) is 0 Å². The number of fused-ring (bicyclic) bond motifs is 2. The monoisotopic (exact) mass is 440 g/mol. The van der Waals surface area contributed by atoms with E-state index in [1.54, 1.807) is 12.1 Å². The molecule has 2 N–H and O–H groups in total. The van der Waals surface area contributed by atoms with Crippen molar-refractivity contribution in [3.05, 3.63) is 70.8 Å². The van der Waals surface area contributed by atoms with Gasteiger partial charge in [0.1, 0.15) is 11.6 Å². The van der Waals surface area contributed by atoms with Gasteiger partial charge < -0.3 is 14.7 Å². The summed E-state index contributed by atoms with van der Waals surface area (Å²) in [5.74, 6) is 0.991. The number of H-pyrrole nitrogens is 2. The first-order chi connectivity index (χ1) is 16.0. The minimum Gasteiger partial charge on any atom is -0.490 e. The molecule has 2 aromatic carbocycles. The molecule has 2 aliphatic carbocycles. The fourth-order valence-electron chi connectivity index (χ4n) is 5.43. The van der Waals surface area contributed by atoms with Gasteiger partial charge in [0, 0.05) is 33.9 Å². The SMILES string of the molecule is Cc1[nH]c(-c2cc(F)cc3[nH]ccc23)c(C(C)C)c1-c1cc(OC2CCC2)cc2c1C=CC2. The van der Waals surface area contributed by atoms with Gasteiger partial charge >= 0.3 is 0 Å². The molecule has 0 spiro atoms. The average Bonchev–Trinajstić information content (AvgIpc) is 3.47. The van der Waals surface area contributed by atoms with Crippen LogP contribution in [0.15, 0.2) is 42.6 Å². The van der Waals surface area contributed by atoms with E-state index in [0.717, 1.165) is 52.9 Å². The Hall–Kier alpha value is -3.27. The Morgan fingerprint density at radius 2 is 1.94 bits per heavy atom. The summed E-state index contributed by atoms with van der Waals surface area (Å²) in [6.45, 7) is 6.56. The van der Waals surface area contributed by atoms with E-state index >= 15 is 0 Å². The molecule has 2 heterocycles. The van der Waals surface area contributed by atoms with E-state index in [1.165, 1.54) is 34.2 Å². The molecule has 3 nitrogen and oxygen atoms in total. The quantitative estimate of drug-likeness (QED) is 0.325. The molecule has 1 fully saturated rings. The highest BCUT2D eigenvalue weighted by Gasteiger charge is 2.26. The second-order valence-electron chi connectivity index (χ2n) is 9.78. The van der Waals surface area contributed by atoms with E-state index in [9.17, 15) is 4.39 Å². The summed E-state index contributed by atoms with van der Waals surface area (Å²) < 4.78 is 20.9. The van der Waals surface area contributed by atoms with E-state index in [0.29, 0.717) is 6.10 Å². The van der Waals surface area contributed by atoms with Crippen LogP contribution in [0, 0.1) is 12.7 Å². The lowest BCUT2D eigenvalue weighted by molar-refractivity contribution is 0.120. The number of aromatic amines is 2. The number of nitrogens with one attached hydrogen (secondary N) is 2. The maximum Gasteiger partial charge on any atom is 0.125 e. The van der Waals surface area contributed by atoms with Gasteiger partial charge in [0.15, 0.2) is 0 Å². The molecule has 0 saturated heterocycles. The van der Waals surface area contributed by atoms with E-state index in [4.69, 9.17) is 4.74 Å². The summed E-state index contributed by atoms with van der Waals surface area (Å²) in [5, 5.41) is 1.03. The first-order valence-corrected chi connectivity index (χ1v) is 12.0. The van der Waals surface area contributed by atoms with Crippen molar-refractivity contribution in [3.8, 4) is 28.1 Å². The van der Waals surface area contributed by atoms with Crippen molar-refractivity contribution in [1.29, 1.82) is 0 Å². The van der Waals surface area contributed by atoms with Gasteiger partial charge in [-0.15, -0.1) is 0 Å². The van der Waals surface area contributed by atoms with Gasteiger partial charge in [0.05, 0.1) is 11.8 Å². The van der Waals surface area contributed by atoms with Crippen LogP contribution in [0.3, 0.4) is 0 Å². The van der Waals surface area contributed by atoms with Crippen LogP contribution in [0.5, 0.6) is 5.75 Å². The summed E-state index contributed by atoms with van der Waals surface area (Å²) in [5.41, 5.74) is 10.1. The standard InChI is InChI=1S/C29H29FN2O/c1-16(2)27-28(17(3)32-29(27)25-13-19(30)14-26-23(25)10-11-31-26)24-15-21(33-20-7-5-8-20)12-18-6-4-9-22(18)24/h4,9-16,20,31-32H,5-8H2,1-3H3.